The standard InChI is InChI=1S/C21H17Br2N3/c22-17-5-1-3-15(9-17)12-26(13-16-4-2-6-18(23)10-16)19-7-8-20-21(11-19)25-14-24-20/h1-11,14H,12-13H2,(H,24,25). The van der Waals surface area contributed by atoms with Gasteiger partial charge in [0.1, 0.15) is 0 Å². The highest BCUT2D eigenvalue weighted by Crippen LogP contribution is 2.25. The molecule has 3 nitrogen and oxygen atoms in total. The number of imidazole rings is 1. The van der Waals surface area contributed by atoms with Gasteiger partial charge in [0.15, 0.2) is 0 Å². The van der Waals surface area contributed by atoms with Crippen molar-refractivity contribution in [2.24, 2.45) is 0 Å². The van der Waals surface area contributed by atoms with E-state index in [0.717, 1.165) is 38.8 Å². The van der Waals surface area contributed by atoms with Gasteiger partial charge in [0.05, 0.1) is 17.4 Å². The number of rotatable bonds is 5. The molecule has 0 spiro atoms. The number of benzene rings is 3. The topological polar surface area (TPSA) is 31.9 Å². The molecular weight excluding hydrogens is 454 g/mol. The molecule has 0 bridgehead atoms. The molecule has 0 amide bonds. The summed E-state index contributed by atoms with van der Waals surface area (Å²) in [6.07, 6.45) is 1.74. The number of aromatic amines is 1. The van der Waals surface area contributed by atoms with Crippen LogP contribution in [0, 0.1) is 0 Å². The fourth-order valence-corrected chi connectivity index (χ4v) is 3.96. The molecular formula is C21H17Br2N3. The van der Waals surface area contributed by atoms with Gasteiger partial charge in [0, 0.05) is 27.7 Å². The lowest BCUT2D eigenvalue weighted by Crippen LogP contribution is -2.22. The number of hydrogen-bond acceptors (Lipinski definition) is 2. The second kappa shape index (κ2) is 7.64. The summed E-state index contributed by atoms with van der Waals surface area (Å²) < 4.78 is 2.19. The van der Waals surface area contributed by atoms with E-state index in [-0.39, 0.29) is 0 Å². The van der Waals surface area contributed by atoms with Gasteiger partial charge in [-0.25, -0.2) is 4.98 Å². The number of halogens is 2. The fourth-order valence-electron chi connectivity index (χ4n) is 3.07. The van der Waals surface area contributed by atoms with Crippen LogP contribution >= 0.6 is 31.9 Å². The molecule has 1 N–H and O–H groups in total. The molecule has 0 aliphatic rings. The lowest BCUT2D eigenvalue weighted by molar-refractivity contribution is 0.800. The third-order valence-electron chi connectivity index (χ3n) is 4.30. The average Bonchev–Trinajstić information content (AvgIpc) is 3.09. The number of nitrogens with one attached hydrogen (secondary N) is 1. The Balaban J connectivity index is 1.69. The zero-order valence-electron chi connectivity index (χ0n) is 14.0. The molecule has 0 saturated heterocycles. The van der Waals surface area contributed by atoms with Gasteiger partial charge in [-0.15, -0.1) is 0 Å². The molecule has 0 fully saturated rings. The first kappa shape index (κ1) is 17.3. The highest BCUT2D eigenvalue weighted by Gasteiger charge is 2.11. The van der Waals surface area contributed by atoms with E-state index in [2.05, 4.69) is 113 Å². The summed E-state index contributed by atoms with van der Waals surface area (Å²) >= 11 is 7.15. The summed E-state index contributed by atoms with van der Waals surface area (Å²) in [5, 5.41) is 0. The third kappa shape index (κ3) is 4.00. The number of aromatic nitrogens is 2. The van der Waals surface area contributed by atoms with Crippen LogP contribution in [0.4, 0.5) is 5.69 Å². The van der Waals surface area contributed by atoms with Gasteiger partial charge in [0.2, 0.25) is 0 Å². The molecule has 4 aromatic rings. The Bertz CT molecular complexity index is 995. The van der Waals surface area contributed by atoms with E-state index in [4.69, 9.17) is 0 Å². The maximum absolute atomic E-state index is 4.41. The summed E-state index contributed by atoms with van der Waals surface area (Å²) in [7, 11) is 0. The van der Waals surface area contributed by atoms with Crippen molar-refractivity contribution in [2.45, 2.75) is 13.1 Å². The Labute approximate surface area is 169 Å². The number of nitrogens with zero attached hydrogens (tertiary/aromatic N) is 2. The molecule has 1 heterocycles. The van der Waals surface area contributed by atoms with E-state index in [1.165, 1.54) is 11.1 Å². The highest BCUT2D eigenvalue weighted by molar-refractivity contribution is 9.10. The van der Waals surface area contributed by atoms with Crippen LogP contribution in [0.1, 0.15) is 11.1 Å². The van der Waals surface area contributed by atoms with Crippen LogP contribution < -0.4 is 4.90 Å². The first-order valence-electron chi connectivity index (χ1n) is 8.34. The van der Waals surface area contributed by atoms with Gasteiger partial charge in [-0.1, -0.05) is 56.1 Å². The quantitative estimate of drug-likeness (QED) is 0.371. The smallest absolute Gasteiger partial charge is 0.0931 e. The predicted octanol–water partition coefficient (Wildman–Crippen LogP) is 6.29. The van der Waals surface area contributed by atoms with Crippen LogP contribution in [-0.2, 0) is 13.1 Å². The lowest BCUT2D eigenvalue weighted by Gasteiger charge is -2.25. The average molecular weight is 471 g/mol. The van der Waals surface area contributed by atoms with Gasteiger partial charge in [-0.05, 0) is 53.6 Å². The Kier molecular flexibility index (Phi) is 5.09. The lowest BCUT2D eigenvalue weighted by atomic mass is 10.1. The van der Waals surface area contributed by atoms with E-state index in [1.807, 2.05) is 0 Å². The Hall–Kier alpha value is -2.11. The van der Waals surface area contributed by atoms with Crippen molar-refractivity contribution in [1.29, 1.82) is 0 Å². The van der Waals surface area contributed by atoms with Crippen molar-refractivity contribution < 1.29 is 0 Å². The molecule has 5 heteroatoms. The van der Waals surface area contributed by atoms with Crippen LogP contribution in [0.3, 0.4) is 0 Å². The second-order valence-electron chi connectivity index (χ2n) is 6.22. The van der Waals surface area contributed by atoms with Crippen LogP contribution in [0.2, 0.25) is 0 Å². The van der Waals surface area contributed by atoms with Crippen LogP contribution in [-0.4, -0.2) is 9.97 Å². The first-order chi connectivity index (χ1) is 12.7. The Morgan fingerprint density at radius 3 is 2.08 bits per heavy atom. The summed E-state index contributed by atoms with van der Waals surface area (Å²) in [4.78, 5) is 9.94. The number of hydrogen-bond donors (Lipinski definition) is 1. The van der Waals surface area contributed by atoms with Crippen molar-refractivity contribution in [3.05, 3.63) is 93.1 Å². The van der Waals surface area contributed by atoms with Crippen LogP contribution in [0.25, 0.3) is 11.0 Å². The summed E-state index contributed by atoms with van der Waals surface area (Å²) in [5.74, 6) is 0. The van der Waals surface area contributed by atoms with Crippen molar-refractivity contribution >= 4 is 48.6 Å². The van der Waals surface area contributed by atoms with E-state index >= 15 is 0 Å². The van der Waals surface area contributed by atoms with Gasteiger partial charge >= 0.3 is 0 Å². The normalized spacial score (nSPS) is 11.0. The minimum Gasteiger partial charge on any atom is -0.363 e. The van der Waals surface area contributed by atoms with Gasteiger partial charge in [-0.2, -0.15) is 0 Å². The van der Waals surface area contributed by atoms with Gasteiger partial charge in [0.25, 0.3) is 0 Å². The van der Waals surface area contributed by atoms with E-state index < -0.39 is 0 Å². The highest BCUT2D eigenvalue weighted by atomic mass is 79.9. The SMILES string of the molecule is Brc1cccc(CN(Cc2cccc(Br)c2)c2ccc3[nH]cnc3c2)c1. The van der Waals surface area contributed by atoms with Crippen molar-refractivity contribution in [3.63, 3.8) is 0 Å². The molecule has 0 unspecified atom stereocenters. The first-order valence-corrected chi connectivity index (χ1v) is 9.93. The van der Waals surface area contributed by atoms with Crippen molar-refractivity contribution in [1.82, 2.24) is 9.97 Å². The molecule has 26 heavy (non-hydrogen) atoms. The summed E-state index contributed by atoms with van der Waals surface area (Å²) in [6, 6.07) is 23.3. The Morgan fingerprint density at radius 1 is 0.808 bits per heavy atom. The maximum Gasteiger partial charge on any atom is 0.0931 e. The largest absolute Gasteiger partial charge is 0.363 e. The van der Waals surface area contributed by atoms with Gasteiger partial charge < -0.3 is 9.88 Å². The molecule has 0 atom stereocenters. The molecule has 0 radical (unpaired) electrons. The number of H-pyrrole nitrogens is 1. The number of anilines is 1. The van der Waals surface area contributed by atoms with Crippen molar-refractivity contribution in [2.75, 3.05) is 4.90 Å². The third-order valence-corrected chi connectivity index (χ3v) is 5.28. The van der Waals surface area contributed by atoms with E-state index in [0.29, 0.717) is 0 Å². The Morgan fingerprint density at radius 2 is 1.46 bits per heavy atom. The molecule has 130 valence electrons. The number of fused-ring (bicyclic) bond motifs is 1. The monoisotopic (exact) mass is 469 g/mol. The second-order valence-corrected chi connectivity index (χ2v) is 8.05. The van der Waals surface area contributed by atoms with Crippen LogP contribution in [0.5, 0.6) is 0 Å². The fraction of sp³-hybridized carbons (Fsp3) is 0.0952. The van der Waals surface area contributed by atoms with Crippen LogP contribution in [0.15, 0.2) is 82.0 Å². The minimum absolute atomic E-state index is 0.821. The molecule has 0 saturated carbocycles. The predicted molar refractivity (Wildman–Crippen MR) is 114 cm³/mol. The van der Waals surface area contributed by atoms with E-state index in [9.17, 15) is 0 Å². The van der Waals surface area contributed by atoms with Crippen molar-refractivity contribution in [3.8, 4) is 0 Å². The molecule has 4 rings (SSSR count). The zero-order chi connectivity index (χ0) is 17.9. The summed E-state index contributed by atoms with van der Waals surface area (Å²) in [6.45, 7) is 1.64. The zero-order valence-corrected chi connectivity index (χ0v) is 17.2. The molecule has 1 aromatic heterocycles. The maximum atomic E-state index is 4.41. The molecule has 0 aliphatic carbocycles. The summed E-state index contributed by atoms with van der Waals surface area (Å²) in [5.41, 5.74) is 5.71. The van der Waals surface area contributed by atoms with E-state index in [1.54, 1.807) is 6.33 Å². The molecule has 3 aromatic carbocycles. The van der Waals surface area contributed by atoms with Gasteiger partial charge in [-0.3, -0.25) is 0 Å². The minimum atomic E-state index is 0.821. The molecule has 0 aliphatic heterocycles.